The van der Waals surface area contributed by atoms with Crippen molar-refractivity contribution in [1.29, 1.82) is 0 Å². The zero-order valence-corrected chi connectivity index (χ0v) is 13.6. The largest absolute Gasteiger partial charge is 0.323 e. The molecule has 0 fully saturated rings. The van der Waals surface area contributed by atoms with Crippen LogP contribution in [-0.4, -0.2) is 9.55 Å². The van der Waals surface area contributed by atoms with Gasteiger partial charge in [0.25, 0.3) is 0 Å². The van der Waals surface area contributed by atoms with Crippen LogP contribution >= 0.6 is 0 Å². The molecule has 0 amide bonds. The zero-order valence-electron chi connectivity index (χ0n) is 13.6. The molecule has 0 spiro atoms. The third-order valence-corrected chi connectivity index (χ3v) is 4.51. The molecule has 116 valence electrons. The van der Waals surface area contributed by atoms with Crippen LogP contribution in [0.15, 0.2) is 85.4 Å². The highest BCUT2D eigenvalue weighted by Crippen LogP contribution is 2.42. The number of fused-ring (bicyclic) bond motifs is 3. The Morgan fingerprint density at radius 2 is 2.04 bits per heavy atom. The lowest BCUT2D eigenvalue weighted by Crippen LogP contribution is -2.07. The summed E-state index contributed by atoms with van der Waals surface area (Å²) in [7, 11) is 0. The standard InChI is InChI=1S/C21H22N2/c1-5-9-17(15(3)6-2)16(4)12-20-18-10-7-8-11-19(18)21-13-22-14-23(20)21/h5,7-11,13-14,20H,1,3-4,6,12H2,2H3/b17-9+. The van der Waals surface area contributed by atoms with Crippen LogP contribution < -0.4 is 0 Å². The van der Waals surface area contributed by atoms with E-state index in [1.165, 1.54) is 16.8 Å². The molecule has 2 heteroatoms. The van der Waals surface area contributed by atoms with Gasteiger partial charge in [0.2, 0.25) is 0 Å². The van der Waals surface area contributed by atoms with Crippen LogP contribution in [0.5, 0.6) is 0 Å². The monoisotopic (exact) mass is 302 g/mol. The van der Waals surface area contributed by atoms with Gasteiger partial charge in [-0.05, 0) is 35.1 Å². The molecule has 0 radical (unpaired) electrons. The van der Waals surface area contributed by atoms with E-state index in [4.69, 9.17) is 0 Å². The predicted octanol–water partition coefficient (Wildman–Crippen LogP) is 5.48. The second-order valence-electron chi connectivity index (χ2n) is 5.87. The number of aromatic nitrogens is 2. The molecular weight excluding hydrogens is 280 g/mol. The first-order valence-corrected chi connectivity index (χ1v) is 7.97. The molecule has 1 aliphatic heterocycles. The Morgan fingerprint density at radius 3 is 2.78 bits per heavy atom. The molecule has 0 saturated carbocycles. The van der Waals surface area contributed by atoms with Gasteiger partial charge in [0.05, 0.1) is 24.3 Å². The van der Waals surface area contributed by atoms with Crippen LogP contribution in [-0.2, 0) is 0 Å². The van der Waals surface area contributed by atoms with Crippen molar-refractivity contribution in [2.45, 2.75) is 25.8 Å². The number of nitrogens with zero attached hydrogens (tertiary/aromatic N) is 2. The van der Waals surface area contributed by atoms with Crippen molar-refractivity contribution in [2.75, 3.05) is 0 Å². The van der Waals surface area contributed by atoms with Crippen molar-refractivity contribution in [2.24, 2.45) is 0 Å². The number of hydrogen-bond donors (Lipinski definition) is 0. The van der Waals surface area contributed by atoms with Gasteiger partial charge in [0.1, 0.15) is 0 Å². The summed E-state index contributed by atoms with van der Waals surface area (Å²) < 4.78 is 2.25. The molecule has 1 aromatic carbocycles. The van der Waals surface area contributed by atoms with E-state index in [9.17, 15) is 0 Å². The average molecular weight is 302 g/mol. The highest BCUT2D eigenvalue weighted by Gasteiger charge is 2.28. The summed E-state index contributed by atoms with van der Waals surface area (Å²) in [5, 5.41) is 0. The minimum Gasteiger partial charge on any atom is -0.323 e. The topological polar surface area (TPSA) is 17.8 Å². The third-order valence-electron chi connectivity index (χ3n) is 4.51. The Hall–Kier alpha value is -2.61. The van der Waals surface area contributed by atoms with Crippen LogP contribution in [0.25, 0.3) is 11.3 Å². The van der Waals surface area contributed by atoms with E-state index in [-0.39, 0.29) is 6.04 Å². The van der Waals surface area contributed by atoms with Gasteiger partial charge in [-0.15, -0.1) is 0 Å². The Kier molecular flexibility index (Phi) is 4.16. The van der Waals surface area contributed by atoms with Gasteiger partial charge >= 0.3 is 0 Å². The first-order valence-electron chi connectivity index (χ1n) is 7.97. The number of imidazole rings is 1. The normalized spacial score (nSPS) is 15.9. The molecule has 1 aliphatic rings. The van der Waals surface area contributed by atoms with Gasteiger partial charge in [-0.25, -0.2) is 4.98 Å². The molecule has 2 heterocycles. The van der Waals surface area contributed by atoms with E-state index in [2.05, 4.69) is 60.5 Å². The van der Waals surface area contributed by atoms with Crippen LogP contribution in [0.1, 0.15) is 31.4 Å². The van der Waals surface area contributed by atoms with E-state index in [0.29, 0.717) is 0 Å². The Morgan fingerprint density at radius 1 is 1.26 bits per heavy atom. The second-order valence-corrected chi connectivity index (χ2v) is 5.87. The summed E-state index contributed by atoms with van der Waals surface area (Å²) in [6, 6.07) is 8.78. The van der Waals surface area contributed by atoms with Crippen molar-refractivity contribution in [3.05, 3.63) is 91.0 Å². The SMILES string of the molecule is C=C/C=C(\C(=C)CC)C(=C)CC1c2ccccc2-c2cncn21. The fourth-order valence-electron chi connectivity index (χ4n) is 3.28. The van der Waals surface area contributed by atoms with Gasteiger partial charge in [0.15, 0.2) is 0 Å². The number of benzene rings is 1. The van der Waals surface area contributed by atoms with Gasteiger partial charge in [-0.1, -0.05) is 63.1 Å². The summed E-state index contributed by atoms with van der Waals surface area (Å²) in [6.45, 7) is 14.4. The van der Waals surface area contributed by atoms with Gasteiger partial charge in [0, 0.05) is 5.56 Å². The van der Waals surface area contributed by atoms with Crippen LogP contribution in [0.2, 0.25) is 0 Å². The summed E-state index contributed by atoms with van der Waals surface area (Å²) in [5.74, 6) is 0. The van der Waals surface area contributed by atoms with Crippen molar-refractivity contribution < 1.29 is 0 Å². The lowest BCUT2D eigenvalue weighted by atomic mass is 9.90. The molecule has 2 aromatic rings. The fraction of sp³-hybridized carbons (Fsp3) is 0.190. The molecule has 0 aliphatic carbocycles. The van der Waals surface area contributed by atoms with E-state index in [1.807, 2.05) is 24.7 Å². The highest BCUT2D eigenvalue weighted by molar-refractivity contribution is 5.69. The van der Waals surface area contributed by atoms with Gasteiger partial charge in [-0.3, -0.25) is 0 Å². The number of allylic oxidation sites excluding steroid dienone is 5. The van der Waals surface area contributed by atoms with E-state index in [1.54, 1.807) is 0 Å². The molecule has 0 bridgehead atoms. The molecule has 1 aromatic heterocycles. The van der Waals surface area contributed by atoms with Gasteiger partial charge < -0.3 is 4.57 Å². The fourth-order valence-corrected chi connectivity index (χ4v) is 3.28. The van der Waals surface area contributed by atoms with E-state index < -0.39 is 0 Å². The zero-order chi connectivity index (χ0) is 16.4. The maximum absolute atomic E-state index is 4.33. The molecule has 2 nitrogen and oxygen atoms in total. The number of rotatable bonds is 6. The van der Waals surface area contributed by atoms with Crippen LogP contribution in [0, 0.1) is 0 Å². The van der Waals surface area contributed by atoms with E-state index in [0.717, 1.165) is 29.6 Å². The Labute approximate surface area is 138 Å². The Bertz CT molecular complexity index is 805. The van der Waals surface area contributed by atoms with Crippen molar-refractivity contribution >= 4 is 0 Å². The second kappa shape index (κ2) is 6.25. The lowest BCUT2D eigenvalue weighted by molar-refractivity contribution is 0.608. The Balaban J connectivity index is 1.94. The number of hydrogen-bond acceptors (Lipinski definition) is 1. The van der Waals surface area contributed by atoms with Crippen molar-refractivity contribution in [3.8, 4) is 11.3 Å². The third kappa shape index (κ3) is 2.61. The summed E-state index contributed by atoms with van der Waals surface area (Å²) >= 11 is 0. The van der Waals surface area contributed by atoms with Crippen LogP contribution in [0.4, 0.5) is 0 Å². The first kappa shape index (κ1) is 15.3. The van der Waals surface area contributed by atoms with Crippen molar-refractivity contribution in [1.82, 2.24) is 9.55 Å². The van der Waals surface area contributed by atoms with E-state index >= 15 is 0 Å². The first-order chi connectivity index (χ1) is 11.2. The average Bonchev–Trinajstić information content (AvgIpc) is 3.15. The van der Waals surface area contributed by atoms with Crippen LogP contribution in [0.3, 0.4) is 0 Å². The maximum Gasteiger partial charge on any atom is 0.0956 e. The highest BCUT2D eigenvalue weighted by atomic mass is 15.1. The summed E-state index contributed by atoms with van der Waals surface area (Å²) in [4.78, 5) is 4.32. The molecular formula is C21H22N2. The summed E-state index contributed by atoms with van der Waals surface area (Å²) in [5.41, 5.74) is 7.11. The molecule has 3 rings (SSSR count). The quantitative estimate of drug-likeness (QED) is 0.646. The van der Waals surface area contributed by atoms with Gasteiger partial charge in [-0.2, -0.15) is 0 Å². The minimum absolute atomic E-state index is 0.245. The summed E-state index contributed by atoms with van der Waals surface area (Å²) in [6.07, 6.45) is 9.44. The van der Waals surface area contributed by atoms with Crippen molar-refractivity contribution in [3.63, 3.8) is 0 Å². The molecule has 0 saturated heterocycles. The smallest absolute Gasteiger partial charge is 0.0956 e. The lowest BCUT2D eigenvalue weighted by Gasteiger charge is -2.19. The predicted molar refractivity (Wildman–Crippen MR) is 97.3 cm³/mol. The molecule has 1 atom stereocenters. The minimum atomic E-state index is 0.245. The molecule has 1 unspecified atom stereocenters. The molecule has 0 N–H and O–H groups in total. The maximum atomic E-state index is 4.33. The molecule has 23 heavy (non-hydrogen) atoms.